The molecule has 6 nitrogen and oxygen atoms in total. The van der Waals surface area contributed by atoms with Crippen molar-refractivity contribution in [2.24, 2.45) is 11.5 Å². The molecular formula is C13H18ClN3O3. The van der Waals surface area contributed by atoms with E-state index in [4.69, 9.17) is 27.8 Å². The lowest BCUT2D eigenvalue weighted by Crippen LogP contribution is -2.57. The zero-order valence-corrected chi connectivity index (χ0v) is 12.1. The normalized spacial score (nSPS) is 15.2. The van der Waals surface area contributed by atoms with E-state index in [1.807, 2.05) is 0 Å². The Morgan fingerprint density at radius 2 is 2.15 bits per heavy atom. The van der Waals surface area contributed by atoms with Gasteiger partial charge in [0.1, 0.15) is 11.6 Å². The third kappa shape index (κ3) is 3.69. The number of ether oxygens (including phenoxy) is 1. The second-order valence-electron chi connectivity index (χ2n) is 4.55. The number of nitrogens with one attached hydrogen (secondary N) is 1. The van der Waals surface area contributed by atoms with Gasteiger partial charge in [0.15, 0.2) is 0 Å². The summed E-state index contributed by atoms with van der Waals surface area (Å²) in [5.74, 6) is -1.24. The lowest BCUT2D eigenvalue weighted by atomic mass is 9.91. The van der Waals surface area contributed by atoms with Crippen LogP contribution in [-0.2, 0) is 19.9 Å². The minimum atomic E-state index is -1.40. The van der Waals surface area contributed by atoms with Crippen LogP contribution in [0.3, 0.4) is 0 Å². The predicted molar refractivity (Wildman–Crippen MR) is 76.0 cm³/mol. The fraction of sp³-hybridized carbons (Fsp3) is 0.385. The SMILES string of the molecule is COCC(N)C(=O)NC(C)(C(N)=O)c1cccc(Cl)c1. The topological polar surface area (TPSA) is 107 Å². The number of halogens is 1. The molecule has 7 heteroatoms. The summed E-state index contributed by atoms with van der Waals surface area (Å²) < 4.78 is 4.80. The number of methoxy groups -OCH3 is 1. The first-order chi connectivity index (χ1) is 9.31. The number of nitrogens with two attached hydrogens (primary N) is 2. The van der Waals surface area contributed by atoms with Gasteiger partial charge in [0, 0.05) is 12.1 Å². The Labute approximate surface area is 122 Å². The molecule has 0 aromatic heterocycles. The molecule has 0 fully saturated rings. The van der Waals surface area contributed by atoms with Crippen LogP contribution in [0.25, 0.3) is 0 Å². The number of amides is 2. The zero-order chi connectivity index (χ0) is 15.3. The van der Waals surface area contributed by atoms with E-state index in [2.05, 4.69) is 5.32 Å². The van der Waals surface area contributed by atoms with Gasteiger partial charge in [-0.3, -0.25) is 9.59 Å². The fourth-order valence-electron chi connectivity index (χ4n) is 1.67. The molecule has 1 aromatic rings. The molecule has 0 aliphatic heterocycles. The largest absolute Gasteiger partial charge is 0.383 e. The summed E-state index contributed by atoms with van der Waals surface area (Å²) in [5, 5.41) is 2.98. The fourth-order valence-corrected chi connectivity index (χ4v) is 1.86. The molecule has 0 bridgehead atoms. The van der Waals surface area contributed by atoms with E-state index in [9.17, 15) is 9.59 Å². The summed E-state index contributed by atoms with van der Waals surface area (Å²) in [6, 6.07) is 5.65. The van der Waals surface area contributed by atoms with Crippen molar-refractivity contribution in [1.82, 2.24) is 5.32 Å². The minimum absolute atomic E-state index is 0.0379. The molecule has 2 atom stereocenters. The molecule has 0 saturated carbocycles. The number of rotatable bonds is 6. The highest BCUT2D eigenvalue weighted by Crippen LogP contribution is 2.23. The van der Waals surface area contributed by atoms with Crippen molar-refractivity contribution in [2.45, 2.75) is 18.5 Å². The Morgan fingerprint density at radius 1 is 1.50 bits per heavy atom. The summed E-state index contributed by atoms with van der Waals surface area (Å²) in [6.45, 7) is 1.54. The Balaban J connectivity index is 3.04. The van der Waals surface area contributed by atoms with Crippen molar-refractivity contribution < 1.29 is 14.3 Å². The average molecular weight is 300 g/mol. The first-order valence-corrected chi connectivity index (χ1v) is 6.31. The quantitative estimate of drug-likeness (QED) is 0.694. The Kier molecular flexibility index (Phi) is 5.50. The molecule has 2 amide bonds. The molecule has 0 heterocycles. The Bertz CT molecular complexity index is 509. The predicted octanol–water partition coefficient (Wildman–Crippen LogP) is 0.130. The average Bonchev–Trinajstić information content (AvgIpc) is 2.38. The first kappa shape index (κ1) is 16.4. The Hall–Kier alpha value is -1.63. The van der Waals surface area contributed by atoms with E-state index >= 15 is 0 Å². The minimum Gasteiger partial charge on any atom is -0.383 e. The molecule has 1 aromatic carbocycles. The van der Waals surface area contributed by atoms with E-state index in [1.54, 1.807) is 24.3 Å². The van der Waals surface area contributed by atoms with Crippen LogP contribution in [-0.4, -0.2) is 31.6 Å². The molecule has 110 valence electrons. The molecule has 20 heavy (non-hydrogen) atoms. The van der Waals surface area contributed by atoms with Gasteiger partial charge in [-0.15, -0.1) is 0 Å². The van der Waals surface area contributed by atoms with E-state index < -0.39 is 23.4 Å². The van der Waals surface area contributed by atoms with Gasteiger partial charge in [0.05, 0.1) is 6.61 Å². The van der Waals surface area contributed by atoms with Gasteiger partial charge < -0.3 is 21.5 Å². The smallest absolute Gasteiger partial charge is 0.247 e. The molecule has 0 spiro atoms. The maximum absolute atomic E-state index is 12.0. The van der Waals surface area contributed by atoms with Gasteiger partial charge >= 0.3 is 0 Å². The van der Waals surface area contributed by atoms with Gasteiger partial charge in [-0.1, -0.05) is 23.7 Å². The second kappa shape index (κ2) is 6.69. The Morgan fingerprint density at radius 3 is 2.65 bits per heavy atom. The third-order valence-electron chi connectivity index (χ3n) is 2.95. The van der Waals surface area contributed by atoms with Crippen molar-refractivity contribution in [3.8, 4) is 0 Å². The molecular weight excluding hydrogens is 282 g/mol. The molecule has 0 aliphatic carbocycles. The van der Waals surface area contributed by atoms with Gasteiger partial charge in [-0.2, -0.15) is 0 Å². The molecule has 0 radical (unpaired) electrons. The van der Waals surface area contributed by atoms with Crippen LogP contribution in [0.2, 0.25) is 5.02 Å². The van der Waals surface area contributed by atoms with E-state index in [-0.39, 0.29) is 6.61 Å². The summed E-state index contributed by atoms with van der Waals surface area (Å²) >= 11 is 5.89. The van der Waals surface area contributed by atoms with E-state index in [0.29, 0.717) is 10.6 Å². The third-order valence-corrected chi connectivity index (χ3v) is 3.19. The van der Waals surface area contributed by atoms with Crippen molar-refractivity contribution >= 4 is 23.4 Å². The molecule has 0 saturated heterocycles. The van der Waals surface area contributed by atoms with E-state index in [1.165, 1.54) is 14.0 Å². The molecule has 0 aliphatic rings. The van der Waals surface area contributed by atoms with Crippen molar-refractivity contribution in [2.75, 3.05) is 13.7 Å². The van der Waals surface area contributed by atoms with Crippen LogP contribution in [0.4, 0.5) is 0 Å². The zero-order valence-electron chi connectivity index (χ0n) is 11.4. The summed E-state index contributed by atoms with van der Waals surface area (Å²) in [4.78, 5) is 23.7. The second-order valence-corrected chi connectivity index (χ2v) is 4.99. The highest BCUT2D eigenvalue weighted by atomic mass is 35.5. The number of hydrogen-bond acceptors (Lipinski definition) is 4. The number of carbonyl (C=O) groups excluding carboxylic acids is 2. The number of primary amides is 1. The standard InChI is InChI=1S/C13H18ClN3O3/c1-13(12(16)19,8-4-3-5-9(14)6-8)17-11(18)10(15)7-20-2/h3-6,10H,7,15H2,1-2H3,(H2,16,19)(H,17,18). The van der Waals surface area contributed by atoms with Crippen LogP contribution in [0, 0.1) is 0 Å². The van der Waals surface area contributed by atoms with Crippen LogP contribution < -0.4 is 16.8 Å². The molecule has 2 unspecified atom stereocenters. The lowest BCUT2D eigenvalue weighted by Gasteiger charge is -2.29. The van der Waals surface area contributed by atoms with Gasteiger partial charge in [-0.25, -0.2) is 0 Å². The van der Waals surface area contributed by atoms with Crippen LogP contribution in [0.15, 0.2) is 24.3 Å². The molecule has 5 N–H and O–H groups in total. The summed E-state index contributed by atoms with van der Waals surface area (Å²) in [6.07, 6.45) is 0. The number of hydrogen-bond donors (Lipinski definition) is 3. The van der Waals surface area contributed by atoms with Crippen LogP contribution >= 0.6 is 11.6 Å². The van der Waals surface area contributed by atoms with Crippen LogP contribution in [0.1, 0.15) is 12.5 Å². The molecule has 1 rings (SSSR count). The highest BCUT2D eigenvalue weighted by Gasteiger charge is 2.36. The summed E-state index contributed by atoms with van der Waals surface area (Å²) in [7, 11) is 1.43. The van der Waals surface area contributed by atoms with E-state index in [0.717, 1.165) is 0 Å². The van der Waals surface area contributed by atoms with Crippen molar-refractivity contribution in [3.05, 3.63) is 34.9 Å². The first-order valence-electron chi connectivity index (χ1n) is 5.93. The number of benzene rings is 1. The van der Waals surface area contributed by atoms with Gasteiger partial charge in [-0.05, 0) is 24.6 Å². The van der Waals surface area contributed by atoms with Crippen molar-refractivity contribution in [1.29, 1.82) is 0 Å². The lowest BCUT2D eigenvalue weighted by molar-refractivity contribution is -0.132. The van der Waals surface area contributed by atoms with Crippen LogP contribution in [0.5, 0.6) is 0 Å². The monoisotopic (exact) mass is 299 g/mol. The maximum atomic E-state index is 12.0. The van der Waals surface area contributed by atoms with Gasteiger partial charge in [0.25, 0.3) is 0 Å². The number of carbonyl (C=O) groups is 2. The maximum Gasteiger partial charge on any atom is 0.247 e. The van der Waals surface area contributed by atoms with Crippen molar-refractivity contribution in [3.63, 3.8) is 0 Å². The highest BCUT2D eigenvalue weighted by molar-refractivity contribution is 6.30. The van der Waals surface area contributed by atoms with Gasteiger partial charge in [0.2, 0.25) is 11.8 Å². The summed E-state index contributed by atoms with van der Waals surface area (Å²) in [5.41, 5.74) is 10.1.